The monoisotopic (exact) mass is 344 g/mol. The second-order valence-corrected chi connectivity index (χ2v) is 5.75. The van der Waals surface area contributed by atoms with E-state index in [-0.39, 0.29) is 12.0 Å². The molecule has 1 aromatic carbocycles. The number of carbonyl (C=O) groups excluding carboxylic acids is 2. The Morgan fingerprint density at radius 2 is 1.92 bits per heavy atom. The fraction of sp³-hybridized carbons (Fsp3) is 0.529. The van der Waals surface area contributed by atoms with Crippen molar-refractivity contribution in [2.45, 2.75) is 57.7 Å². The summed E-state index contributed by atoms with van der Waals surface area (Å²) in [5.74, 6) is -1.16. The van der Waals surface area contributed by atoms with Gasteiger partial charge >= 0.3 is 6.18 Å². The third-order valence-electron chi connectivity index (χ3n) is 3.64. The third kappa shape index (κ3) is 7.02. The molecule has 0 aromatic heterocycles. The molecule has 0 spiro atoms. The quantitative estimate of drug-likeness (QED) is 0.675. The third-order valence-corrected chi connectivity index (χ3v) is 3.64. The van der Waals surface area contributed by atoms with Crippen LogP contribution >= 0.6 is 0 Å². The molecular formula is C17H23F3N2O2. The summed E-state index contributed by atoms with van der Waals surface area (Å²) in [4.78, 5) is 23.4. The molecule has 0 radical (unpaired) electrons. The lowest BCUT2D eigenvalue weighted by molar-refractivity contribution is -0.137. The summed E-state index contributed by atoms with van der Waals surface area (Å²) >= 11 is 0. The summed E-state index contributed by atoms with van der Waals surface area (Å²) in [6, 6.07) is 3.78. The first kappa shape index (κ1) is 20.0. The molecule has 24 heavy (non-hydrogen) atoms. The van der Waals surface area contributed by atoms with Crippen LogP contribution in [0.4, 0.5) is 13.2 Å². The molecular weight excluding hydrogens is 321 g/mol. The maximum absolute atomic E-state index is 12.7. The Kier molecular flexibility index (Phi) is 7.74. The lowest BCUT2D eigenvalue weighted by Crippen LogP contribution is -2.45. The zero-order valence-corrected chi connectivity index (χ0v) is 13.7. The van der Waals surface area contributed by atoms with Crippen LogP contribution in [0.25, 0.3) is 0 Å². The number of benzene rings is 1. The summed E-state index contributed by atoms with van der Waals surface area (Å²) in [5.41, 5.74) is 4.70. The molecule has 0 heterocycles. The van der Waals surface area contributed by atoms with Crippen molar-refractivity contribution >= 4 is 11.8 Å². The van der Waals surface area contributed by atoms with Crippen LogP contribution in [0.3, 0.4) is 0 Å². The van der Waals surface area contributed by atoms with E-state index >= 15 is 0 Å². The molecule has 4 nitrogen and oxygen atoms in total. The van der Waals surface area contributed by atoms with E-state index in [1.54, 1.807) is 0 Å². The minimum absolute atomic E-state index is 0.233. The van der Waals surface area contributed by atoms with Crippen LogP contribution in [0, 0.1) is 0 Å². The average molecular weight is 344 g/mol. The van der Waals surface area contributed by atoms with Crippen LogP contribution in [0.5, 0.6) is 0 Å². The van der Waals surface area contributed by atoms with E-state index in [9.17, 15) is 22.8 Å². The van der Waals surface area contributed by atoms with Crippen LogP contribution < -0.4 is 11.1 Å². The first-order valence-corrected chi connectivity index (χ1v) is 7.99. The van der Waals surface area contributed by atoms with Crippen LogP contribution in [0.2, 0.25) is 0 Å². The number of nitrogens with two attached hydrogens (primary N) is 1. The van der Waals surface area contributed by atoms with Gasteiger partial charge in [-0.05, 0) is 18.1 Å². The van der Waals surface area contributed by atoms with Gasteiger partial charge in [0, 0.05) is 0 Å². The SMILES string of the molecule is CCCCCC[C@@H](NC(=O)Cc1cccc(C(F)(F)F)c1)C(N)=O. The average Bonchev–Trinajstić information content (AvgIpc) is 2.49. The van der Waals surface area contributed by atoms with Crippen LogP contribution in [-0.4, -0.2) is 17.9 Å². The Hall–Kier alpha value is -2.05. The highest BCUT2D eigenvalue weighted by Crippen LogP contribution is 2.29. The molecule has 0 aliphatic carbocycles. The molecule has 0 bridgehead atoms. The predicted octanol–water partition coefficient (Wildman–Crippen LogP) is 3.19. The number of nitrogens with one attached hydrogen (secondary N) is 1. The Balaban J connectivity index is 2.61. The number of hydrogen-bond acceptors (Lipinski definition) is 2. The molecule has 1 aromatic rings. The molecule has 0 aliphatic rings. The highest BCUT2D eigenvalue weighted by molar-refractivity contribution is 5.87. The van der Waals surface area contributed by atoms with Crippen molar-refractivity contribution in [1.29, 1.82) is 0 Å². The summed E-state index contributed by atoms with van der Waals surface area (Å²) in [6.07, 6.45) is -0.490. The Morgan fingerprint density at radius 1 is 1.21 bits per heavy atom. The smallest absolute Gasteiger partial charge is 0.368 e. The molecule has 2 amide bonds. The van der Waals surface area contributed by atoms with Gasteiger partial charge in [-0.2, -0.15) is 13.2 Å². The maximum Gasteiger partial charge on any atom is 0.416 e. The van der Waals surface area contributed by atoms with Gasteiger partial charge in [-0.15, -0.1) is 0 Å². The van der Waals surface area contributed by atoms with Gasteiger partial charge in [-0.1, -0.05) is 50.8 Å². The summed E-state index contributed by atoms with van der Waals surface area (Å²) in [6.45, 7) is 2.06. The van der Waals surface area contributed by atoms with Gasteiger partial charge in [-0.3, -0.25) is 9.59 Å². The predicted molar refractivity (Wildman–Crippen MR) is 85.0 cm³/mol. The van der Waals surface area contributed by atoms with Crippen LogP contribution in [-0.2, 0) is 22.2 Å². The van der Waals surface area contributed by atoms with Gasteiger partial charge in [0.2, 0.25) is 11.8 Å². The van der Waals surface area contributed by atoms with Crippen molar-refractivity contribution in [3.05, 3.63) is 35.4 Å². The van der Waals surface area contributed by atoms with Crippen molar-refractivity contribution in [1.82, 2.24) is 5.32 Å². The molecule has 3 N–H and O–H groups in total. The van der Waals surface area contributed by atoms with Crippen LogP contribution in [0.1, 0.15) is 50.2 Å². The van der Waals surface area contributed by atoms with Gasteiger partial charge in [0.1, 0.15) is 6.04 Å². The van der Waals surface area contributed by atoms with E-state index in [0.717, 1.165) is 37.8 Å². The zero-order chi connectivity index (χ0) is 18.2. The lowest BCUT2D eigenvalue weighted by Gasteiger charge is -2.16. The second kappa shape index (κ2) is 9.30. The van der Waals surface area contributed by atoms with Gasteiger partial charge < -0.3 is 11.1 Å². The van der Waals surface area contributed by atoms with Crippen molar-refractivity contribution in [3.8, 4) is 0 Å². The molecule has 1 rings (SSSR count). The van der Waals surface area contributed by atoms with E-state index in [2.05, 4.69) is 12.2 Å². The number of halogens is 3. The van der Waals surface area contributed by atoms with E-state index in [4.69, 9.17) is 5.73 Å². The molecule has 0 aliphatic heterocycles. The van der Waals surface area contributed by atoms with Gasteiger partial charge in [0.15, 0.2) is 0 Å². The van der Waals surface area contributed by atoms with Gasteiger partial charge in [0.25, 0.3) is 0 Å². The zero-order valence-electron chi connectivity index (χ0n) is 13.7. The first-order chi connectivity index (χ1) is 11.2. The van der Waals surface area contributed by atoms with E-state index in [1.165, 1.54) is 12.1 Å². The number of alkyl halides is 3. The van der Waals surface area contributed by atoms with Crippen molar-refractivity contribution in [3.63, 3.8) is 0 Å². The van der Waals surface area contributed by atoms with Gasteiger partial charge in [0.05, 0.1) is 12.0 Å². The standard InChI is InChI=1S/C17H23F3N2O2/c1-2-3-4-5-9-14(16(21)24)22-15(23)11-12-7-6-8-13(10-12)17(18,19)20/h6-8,10,14H,2-5,9,11H2,1H3,(H2,21,24)(H,22,23)/t14-/m1/s1. The molecule has 0 saturated carbocycles. The topological polar surface area (TPSA) is 72.2 Å². The van der Waals surface area contributed by atoms with E-state index in [0.29, 0.717) is 6.42 Å². The summed E-state index contributed by atoms with van der Waals surface area (Å²) in [5, 5.41) is 2.51. The number of hydrogen-bond donors (Lipinski definition) is 2. The van der Waals surface area contributed by atoms with Crippen molar-refractivity contribution in [2.75, 3.05) is 0 Å². The molecule has 1 atom stereocenters. The molecule has 0 saturated heterocycles. The summed E-state index contributed by atoms with van der Waals surface area (Å²) in [7, 11) is 0. The molecule has 0 unspecified atom stereocenters. The Morgan fingerprint density at radius 3 is 2.50 bits per heavy atom. The van der Waals surface area contributed by atoms with E-state index in [1.807, 2.05) is 0 Å². The number of primary amides is 1. The van der Waals surface area contributed by atoms with Crippen molar-refractivity contribution < 1.29 is 22.8 Å². The molecule has 134 valence electrons. The Labute approximate surface area is 139 Å². The number of unbranched alkanes of at least 4 members (excludes halogenated alkanes) is 3. The Bertz CT molecular complexity index is 559. The summed E-state index contributed by atoms with van der Waals surface area (Å²) < 4.78 is 38.0. The number of rotatable bonds is 9. The fourth-order valence-electron chi connectivity index (χ4n) is 2.35. The number of carbonyl (C=O) groups is 2. The highest BCUT2D eigenvalue weighted by Gasteiger charge is 2.30. The number of amides is 2. The molecule has 0 fully saturated rings. The minimum Gasteiger partial charge on any atom is -0.368 e. The minimum atomic E-state index is -4.46. The fourth-order valence-corrected chi connectivity index (χ4v) is 2.35. The van der Waals surface area contributed by atoms with Crippen LogP contribution in [0.15, 0.2) is 24.3 Å². The van der Waals surface area contributed by atoms with E-state index < -0.39 is 29.6 Å². The largest absolute Gasteiger partial charge is 0.416 e. The molecule has 7 heteroatoms. The first-order valence-electron chi connectivity index (χ1n) is 7.99. The highest BCUT2D eigenvalue weighted by atomic mass is 19.4. The second-order valence-electron chi connectivity index (χ2n) is 5.75. The van der Waals surface area contributed by atoms with Crippen molar-refractivity contribution in [2.24, 2.45) is 5.73 Å². The maximum atomic E-state index is 12.7. The normalized spacial score (nSPS) is 12.7. The lowest BCUT2D eigenvalue weighted by atomic mass is 10.0. The van der Waals surface area contributed by atoms with Gasteiger partial charge in [-0.25, -0.2) is 0 Å².